The maximum Gasteiger partial charge on any atom is 0.319 e. The lowest BCUT2D eigenvalue weighted by molar-refractivity contribution is 0.0965. The highest BCUT2D eigenvalue weighted by Gasteiger charge is 2.30. The van der Waals surface area contributed by atoms with Crippen LogP contribution < -0.4 is 16.4 Å². The maximum atomic E-state index is 13.3. The molecule has 5 rings (SSSR count). The number of nitrogens with one attached hydrogen (secondary N) is 2. The molecule has 0 atom stereocenters. The number of thiophene rings is 1. The van der Waals surface area contributed by atoms with Gasteiger partial charge >= 0.3 is 6.03 Å². The number of amides is 4. The van der Waals surface area contributed by atoms with E-state index >= 15 is 0 Å². The predicted octanol–water partition coefficient (Wildman–Crippen LogP) is 4.19. The maximum absolute atomic E-state index is 13.3. The number of benzene rings is 3. The molecule has 0 spiro atoms. The summed E-state index contributed by atoms with van der Waals surface area (Å²) in [5, 5.41) is 5.23. The fraction of sp³-hybridized carbons (Fsp3) is 0.194. The highest BCUT2D eigenvalue weighted by atomic mass is 32.2. The lowest BCUT2D eigenvalue weighted by Crippen LogP contribution is -2.36. The average molecular weight is 618 g/mol. The molecule has 43 heavy (non-hydrogen) atoms. The quantitative estimate of drug-likeness (QED) is 0.257. The molecule has 0 unspecified atom stereocenters. The zero-order chi connectivity index (χ0) is 30.6. The summed E-state index contributed by atoms with van der Waals surface area (Å²) >= 11 is 1.28. The summed E-state index contributed by atoms with van der Waals surface area (Å²) in [5.74, 6) is -1.20. The lowest BCUT2D eigenvalue weighted by atomic mass is 10.0. The Kier molecular flexibility index (Phi) is 9.02. The van der Waals surface area contributed by atoms with Gasteiger partial charge in [0.25, 0.3) is 11.8 Å². The zero-order valence-corrected chi connectivity index (χ0v) is 25.1. The summed E-state index contributed by atoms with van der Waals surface area (Å²) in [6.07, 6.45) is 0.555. The Balaban J connectivity index is 1.34. The van der Waals surface area contributed by atoms with Crippen molar-refractivity contribution < 1.29 is 22.8 Å². The second-order valence-electron chi connectivity index (χ2n) is 10.2. The Morgan fingerprint density at radius 1 is 0.907 bits per heavy atom. The van der Waals surface area contributed by atoms with Gasteiger partial charge in [-0.1, -0.05) is 60.7 Å². The van der Waals surface area contributed by atoms with E-state index in [1.165, 1.54) is 52.5 Å². The van der Waals surface area contributed by atoms with Crippen molar-refractivity contribution in [1.82, 2.24) is 14.5 Å². The predicted molar refractivity (Wildman–Crippen MR) is 165 cm³/mol. The Bertz CT molecular complexity index is 1740. The highest BCUT2D eigenvalue weighted by molar-refractivity contribution is 7.89. The van der Waals surface area contributed by atoms with Gasteiger partial charge in [-0.25, -0.2) is 13.2 Å². The van der Waals surface area contributed by atoms with Crippen molar-refractivity contribution in [2.75, 3.05) is 18.9 Å². The molecule has 2 heterocycles. The molecule has 3 aromatic carbocycles. The number of nitrogens with two attached hydrogens (primary N) is 1. The zero-order valence-electron chi connectivity index (χ0n) is 23.4. The lowest BCUT2D eigenvalue weighted by Gasteiger charge is -2.27. The molecule has 12 heteroatoms. The summed E-state index contributed by atoms with van der Waals surface area (Å²) in [7, 11) is -2.29. The highest BCUT2D eigenvalue weighted by Crippen LogP contribution is 2.38. The number of carbonyl (C=O) groups is 3. The number of carbonyl (C=O) groups excluding carboxylic acids is 3. The third kappa shape index (κ3) is 7.00. The number of urea groups is 1. The molecule has 1 aromatic heterocycles. The number of fused-ring (bicyclic) bond motifs is 1. The molecular weight excluding hydrogens is 587 g/mol. The largest absolute Gasteiger partial charge is 0.351 e. The molecule has 1 aliphatic heterocycles. The second-order valence-corrected chi connectivity index (χ2v) is 13.3. The van der Waals surface area contributed by atoms with Crippen LogP contribution in [0.15, 0.2) is 89.8 Å². The van der Waals surface area contributed by atoms with Gasteiger partial charge in [-0.15, -0.1) is 11.3 Å². The van der Waals surface area contributed by atoms with Crippen molar-refractivity contribution in [1.29, 1.82) is 0 Å². The van der Waals surface area contributed by atoms with Crippen molar-refractivity contribution >= 4 is 44.2 Å². The fourth-order valence-corrected chi connectivity index (χ4v) is 7.44. The van der Waals surface area contributed by atoms with Crippen molar-refractivity contribution in [2.24, 2.45) is 5.73 Å². The number of imide groups is 1. The van der Waals surface area contributed by atoms with Crippen LogP contribution in [0.2, 0.25) is 0 Å². The van der Waals surface area contributed by atoms with Crippen LogP contribution in [0.1, 0.15) is 42.3 Å². The SMILES string of the molecule is CN(Cc1ccccc1)S(=O)(=O)c1ccc(C(=O)Nc2sc3c(c2C(=O)NC(N)=O)CCN(Cc2ccccc2)C3)cc1. The summed E-state index contributed by atoms with van der Waals surface area (Å²) in [4.78, 5) is 41.0. The minimum atomic E-state index is -3.80. The standard InChI is InChI=1S/C31H31N5O5S2/c1-35(18-21-8-4-2-5-9-21)43(40,41)24-14-12-23(13-15-24)28(37)33-30-27(29(38)34-31(32)39)25-16-17-36(20-26(25)42-30)19-22-10-6-3-7-11-22/h2-15H,16-20H2,1H3,(H,33,37)(H3,32,34,38,39). The van der Waals surface area contributed by atoms with Gasteiger partial charge in [0.05, 0.1) is 10.5 Å². The van der Waals surface area contributed by atoms with Gasteiger partial charge in [-0.2, -0.15) is 4.31 Å². The molecule has 4 aromatic rings. The Labute approximate surface area is 254 Å². The number of rotatable bonds is 9. The second kappa shape index (κ2) is 12.9. The molecule has 0 bridgehead atoms. The summed E-state index contributed by atoms with van der Waals surface area (Å²) in [6, 6.07) is 23.9. The Morgan fingerprint density at radius 2 is 1.53 bits per heavy atom. The Morgan fingerprint density at radius 3 is 2.16 bits per heavy atom. The number of sulfonamides is 1. The minimum absolute atomic E-state index is 0.0501. The van der Waals surface area contributed by atoms with E-state index < -0.39 is 27.9 Å². The first kappa shape index (κ1) is 30.1. The van der Waals surface area contributed by atoms with Crippen molar-refractivity contribution in [3.63, 3.8) is 0 Å². The van der Waals surface area contributed by atoms with Crippen LogP contribution >= 0.6 is 11.3 Å². The molecular formula is C31H31N5O5S2. The van der Waals surface area contributed by atoms with E-state index in [2.05, 4.69) is 27.7 Å². The van der Waals surface area contributed by atoms with Crippen molar-refractivity contribution in [2.45, 2.75) is 31.0 Å². The fourth-order valence-electron chi connectivity index (χ4n) is 4.99. The van der Waals surface area contributed by atoms with Crippen LogP contribution in [0.3, 0.4) is 0 Å². The van der Waals surface area contributed by atoms with E-state index in [9.17, 15) is 22.8 Å². The van der Waals surface area contributed by atoms with E-state index in [1.54, 1.807) is 0 Å². The van der Waals surface area contributed by atoms with Gasteiger partial charge in [0.15, 0.2) is 0 Å². The van der Waals surface area contributed by atoms with Crippen LogP contribution in [0.4, 0.5) is 9.80 Å². The van der Waals surface area contributed by atoms with E-state index in [0.29, 0.717) is 24.5 Å². The first-order valence-corrected chi connectivity index (χ1v) is 15.8. The number of anilines is 1. The summed E-state index contributed by atoms with van der Waals surface area (Å²) in [6.45, 7) is 2.20. The monoisotopic (exact) mass is 617 g/mol. The molecule has 10 nitrogen and oxygen atoms in total. The van der Waals surface area contributed by atoms with Gasteiger partial charge in [0.2, 0.25) is 10.0 Å². The van der Waals surface area contributed by atoms with Gasteiger partial charge in [-0.05, 0) is 47.4 Å². The molecule has 0 saturated heterocycles. The summed E-state index contributed by atoms with van der Waals surface area (Å²) in [5.41, 5.74) is 8.44. The number of primary amides is 1. The van der Waals surface area contributed by atoms with E-state index in [-0.39, 0.29) is 22.6 Å². The van der Waals surface area contributed by atoms with Crippen LogP contribution in [-0.4, -0.2) is 49.1 Å². The summed E-state index contributed by atoms with van der Waals surface area (Å²) < 4.78 is 27.5. The minimum Gasteiger partial charge on any atom is -0.351 e. The number of hydrogen-bond donors (Lipinski definition) is 3. The van der Waals surface area contributed by atoms with Gasteiger partial charge in [-0.3, -0.25) is 19.8 Å². The average Bonchev–Trinajstić information content (AvgIpc) is 3.35. The first-order valence-electron chi connectivity index (χ1n) is 13.5. The molecule has 0 aliphatic carbocycles. The Hall–Kier alpha value is -4.36. The van der Waals surface area contributed by atoms with Crippen LogP contribution in [0.25, 0.3) is 0 Å². The van der Waals surface area contributed by atoms with Gasteiger partial charge < -0.3 is 11.1 Å². The molecule has 4 N–H and O–H groups in total. The molecule has 0 saturated carbocycles. The van der Waals surface area contributed by atoms with Crippen LogP contribution in [-0.2, 0) is 36.1 Å². The van der Waals surface area contributed by atoms with E-state index in [1.807, 2.05) is 48.5 Å². The van der Waals surface area contributed by atoms with Crippen molar-refractivity contribution in [3.8, 4) is 0 Å². The third-order valence-corrected chi connectivity index (χ3v) is 10.1. The molecule has 222 valence electrons. The third-order valence-electron chi connectivity index (χ3n) is 7.15. The molecule has 1 aliphatic rings. The van der Waals surface area contributed by atoms with Crippen LogP contribution in [0.5, 0.6) is 0 Å². The normalized spacial score (nSPS) is 13.3. The van der Waals surface area contributed by atoms with Crippen molar-refractivity contribution in [3.05, 3.63) is 118 Å². The molecule has 0 radical (unpaired) electrons. The number of nitrogens with zero attached hydrogens (tertiary/aromatic N) is 2. The van der Waals surface area contributed by atoms with E-state index in [4.69, 9.17) is 5.73 Å². The number of hydrogen-bond acceptors (Lipinski definition) is 7. The molecule has 0 fully saturated rings. The smallest absolute Gasteiger partial charge is 0.319 e. The molecule has 4 amide bonds. The first-order chi connectivity index (χ1) is 20.6. The van der Waals surface area contributed by atoms with E-state index in [0.717, 1.165) is 22.5 Å². The topological polar surface area (TPSA) is 142 Å². The van der Waals surface area contributed by atoms with Gasteiger partial charge in [0.1, 0.15) is 5.00 Å². The van der Waals surface area contributed by atoms with Crippen LogP contribution in [0, 0.1) is 0 Å². The van der Waals surface area contributed by atoms with Gasteiger partial charge in [0, 0.05) is 43.7 Å².